The highest BCUT2D eigenvalue weighted by molar-refractivity contribution is 6.13. The number of likely N-dealkylation sites (N-methyl/N-ethyl adjacent to an activating group) is 2. The molecule has 10 atom stereocenters. The van der Waals surface area contributed by atoms with E-state index >= 15 is 0 Å². The molecule has 468 valence electrons. The lowest BCUT2D eigenvalue weighted by molar-refractivity contribution is -0.148. The van der Waals surface area contributed by atoms with Gasteiger partial charge in [0, 0.05) is 66.5 Å². The van der Waals surface area contributed by atoms with E-state index in [-0.39, 0.29) is 55.1 Å². The molecule has 2 heterocycles. The number of aliphatic hydroxyl groups excluding tert-OH is 1. The smallest absolute Gasteiger partial charge is 0.416 e. The van der Waals surface area contributed by atoms with Crippen molar-refractivity contribution in [2.75, 3.05) is 53.3 Å². The van der Waals surface area contributed by atoms with Gasteiger partial charge in [-0.05, 0) is 86.1 Å². The van der Waals surface area contributed by atoms with Crippen molar-refractivity contribution in [2.24, 2.45) is 23.7 Å². The minimum absolute atomic E-state index is 0.0212. The normalized spacial score (nSPS) is 19.2. The van der Waals surface area contributed by atoms with E-state index in [1.807, 2.05) is 38.1 Å². The number of carbonyl (C=O) groups is 9. The van der Waals surface area contributed by atoms with Gasteiger partial charge in [-0.2, -0.15) is 0 Å². The number of anilines is 1. The maximum atomic E-state index is 14.8. The van der Waals surface area contributed by atoms with Gasteiger partial charge in [0.15, 0.2) is 0 Å². The molecule has 9 amide bonds. The summed E-state index contributed by atoms with van der Waals surface area (Å²) in [5, 5.41) is 22.2. The molecule has 85 heavy (non-hydrogen) atoms. The lowest BCUT2D eigenvalue weighted by Crippen LogP contribution is -2.60. The largest absolute Gasteiger partial charge is 0.445 e. The molecule has 2 aromatic carbocycles. The van der Waals surface area contributed by atoms with Gasteiger partial charge in [0.05, 0.1) is 60.0 Å². The van der Waals surface area contributed by atoms with Crippen molar-refractivity contribution in [1.29, 1.82) is 0 Å². The Morgan fingerprint density at radius 2 is 1.48 bits per heavy atom. The van der Waals surface area contributed by atoms with Gasteiger partial charge in [-0.25, -0.2) is 9.59 Å². The SMILES string of the molecule is CC[C@H](C)[C@@H]([C@@H](CC(=O)N1CCC[C@H]1[C@H](OC)[C@@H](C)C(=O)N[C@H](C)[C@@H](O)c1ccccc1)OC)N(C)C(=O)[C@@H](NC(=O)[C@H](C(C)C)N(C)C(=O)OCc1ccc(NC(=O)O/C2=C/CCCCCC2)c(C(=O)NCCN2C(=O)C=CC2=O)c1)C(C)C. The first-order valence-corrected chi connectivity index (χ1v) is 29.9. The highest BCUT2D eigenvalue weighted by atomic mass is 16.6. The summed E-state index contributed by atoms with van der Waals surface area (Å²) in [6.07, 6.45) is 7.20. The van der Waals surface area contributed by atoms with Crippen LogP contribution in [0.15, 0.2) is 72.5 Å². The Labute approximate surface area is 501 Å². The molecule has 5 rings (SSSR count). The summed E-state index contributed by atoms with van der Waals surface area (Å²) < 4.78 is 23.4. The standard InChI is InChI=1S/C63H92N8O14/c1-13-40(6)55(49(82-11)36-52(74)70-33-22-27-48(70)57(83-12)41(7)58(76)65-42(8)56(75)44-23-18-17-19-24-44)68(9)61(79)53(38(2)3)67-60(78)54(39(4)5)69(10)63(81)84-37-43-28-29-47(66-62(80)85-45-25-20-15-14-16-21-26-45)46(35-43)59(77)64-32-34-71-50(72)30-31-51(71)73/h17-19,23-25,28-31,35,38-42,48-49,53-57,75H,13-16,20-22,26-27,32-34,36-37H2,1-12H3,(H,64,77)(H,65,76)(H,66,80)(H,67,78)/b45-25+/t40-,41+,42+,48-,49+,53-,54-,55-,56+,57+/m0/s1. The summed E-state index contributed by atoms with van der Waals surface area (Å²) in [7, 11) is 6.05. The second-order valence-corrected chi connectivity index (χ2v) is 23.3. The molecule has 2 aromatic rings. The number of hydrogen-bond donors (Lipinski definition) is 5. The van der Waals surface area contributed by atoms with Gasteiger partial charge < -0.3 is 49.8 Å². The molecule has 0 radical (unpaired) electrons. The number of imide groups is 1. The summed E-state index contributed by atoms with van der Waals surface area (Å²) in [4.78, 5) is 128. The molecule has 2 aliphatic heterocycles. The Morgan fingerprint density at radius 3 is 2.12 bits per heavy atom. The molecule has 0 saturated carbocycles. The van der Waals surface area contributed by atoms with Crippen LogP contribution < -0.4 is 21.3 Å². The molecule has 0 bridgehead atoms. The van der Waals surface area contributed by atoms with E-state index in [0.717, 1.165) is 54.1 Å². The summed E-state index contributed by atoms with van der Waals surface area (Å²) >= 11 is 0. The summed E-state index contributed by atoms with van der Waals surface area (Å²) in [6.45, 7) is 14.4. The number of nitrogens with zero attached hydrogens (tertiary/aromatic N) is 4. The fraction of sp³-hybridized carbons (Fsp3) is 0.603. The van der Waals surface area contributed by atoms with Gasteiger partial charge in [-0.3, -0.25) is 48.7 Å². The molecule has 1 fully saturated rings. The second-order valence-electron chi connectivity index (χ2n) is 23.3. The van der Waals surface area contributed by atoms with E-state index in [4.69, 9.17) is 18.9 Å². The molecule has 3 aliphatic rings. The van der Waals surface area contributed by atoms with Crippen molar-refractivity contribution in [3.63, 3.8) is 0 Å². The van der Waals surface area contributed by atoms with Crippen molar-refractivity contribution in [2.45, 2.75) is 175 Å². The van der Waals surface area contributed by atoms with Crippen LogP contribution in [0.5, 0.6) is 0 Å². The zero-order valence-corrected chi connectivity index (χ0v) is 51.7. The van der Waals surface area contributed by atoms with Gasteiger partial charge in [0.2, 0.25) is 23.6 Å². The van der Waals surface area contributed by atoms with Gasteiger partial charge in [-0.1, -0.05) is 104 Å². The fourth-order valence-electron chi connectivity index (χ4n) is 11.5. The Balaban J connectivity index is 1.26. The number of nitrogens with one attached hydrogen (secondary N) is 4. The zero-order chi connectivity index (χ0) is 62.7. The topological polar surface area (TPSA) is 272 Å². The number of likely N-dealkylation sites (tertiary alicyclic amines) is 1. The number of benzene rings is 2. The van der Waals surface area contributed by atoms with Crippen LogP contribution in [0.1, 0.15) is 147 Å². The van der Waals surface area contributed by atoms with Crippen LogP contribution in [-0.2, 0) is 54.3 Å². The Hall–Kier alpha value is -7.17. The fourth-order valence-corrected chi connectivity index (χ4v) is 11.5. The van der Waals surface area contributed by atoms with Crippen molar-refractivity contribution >= 4 is 59.2 Å². The average Bonchev–Trinajstić information content (AvgIpc) is 3.70. The molecule has 5 N–H and O–H groups in total. The Kier molecular flexibility index (Phi) is 26.6. The van der Waals surface area contributed by atoms with Crippen LogP contribution in [0.4, 0.5) is 15.3 Å². The van der Waals surface area contributed by atoms with E-state index < -0.39 is 108 Å². The predicted molar refractivity (Wildman–Crippen MR) is 319 cm³/mol. The highest BCUT2D eigenvalue weighted by Crippen LogP contribution is 2.31. The van der Waals surface area contributed by atoms with Crippen molar-refractivity contribution < 1.29 is 67.2 Å². The summed E-state index contributed by atoms with van der Waals surface area (Å²) in [5.74, 6) is -4.53. The van der Waals surface area contributed by atoms with E-state index in [0.29, 0.717) is 49.1 Å². The average molecular weight is 1190 g/mol. The van der Waals surface area contributed by atoms with Crippen LogP contribution in [0.3, 0.4) is 0 Å². The number of carbonyl (C=O) groups excluding carboxylic acids is 9. The van der Waals surface area contributed by atoms with Gasteiger partial charge in [0.25, 0.3) is 17.7 Å². The van der Waals surface area contributed by atoms with Crippen LogP contribution in [0.25, 0.3) is 0 Å². The minimum atomic E-state index is -1.12. The third kappa shape index (κ3) is 18.7. The van der Waals surface area contributed by atoms with Gasteiger partial charge in [0.1, 0.15) is 24.4 Å². The Morgan fingerprint density at radius 1 is 0.800 bits per heavy atom. The number of allylic oxidation sites excluding steroid dienone is 2. The van der Waals surface area contributed by atoms with Crippen LogP contribution in [0, 0.1) is 23.7 Å². The Bertz CT molecular complexity index is 2680. The van der Waals surface area contributed by atoms with E-state index in [9.17, 15) is 48.3 Å². The summed E-state index contributed by atoms with van der Waals surface area (Å²) in [6, 6.07) is 9.63. The monoisotopic (exact) mass is 1180 g/mol. The third-order valence-electron chi connectivity index (χ3n) is 16.5. The molecule has 22 heteroatoms. The summed E-state index contributed by atoms with van der Waals surface area (Å²) in [5.41, 5.74) is 1.08. The molecule has 0 unspecified atom stereocenters. The van der Waals surface area contributed by atoms with Crippen LogP contribution in [-0.4, -0.2) is 169 Å². The van der Waals surface area contributed by atoms with Crippen molar-refractivity contribution in [3.8, 4) is 0 Å². The molecule has 1 aliphatic carbocycles. The van der Waals surface area contributed by atoms with E-state index in [2.05, 4.69) is 21.3 Å². The lowest BCUT2D eigenvalue weighted by Gasteiger charge is -2.41. The lowest BCUT2D eigenvalue weighted by atomic mass is 9.89. The maximum Gasteiger partial charge on any atom is 0.416 e. The first-order valence-electron chi connectivity index (χ1n) is 29.9. The number of rotatable bonds is 28. The molecular formula is C63H92N8O14. The minimum Gasteiger partial charge on any atom is -0.445 e. The number of hydrogen-bond acceptors (Lipinski definition) is 14. The number of ether oxygens (including phenoxy) is 4. The number of methoxy groups -OCH3 is 2. The molecule has 1 saturated heterocycles. The zero-order valence-electron chi connectivity index (χ0n) is 51.7. The molecule has 0 spiro atoms. The van der Waals surface area contributed by atoms with E-state index in [1.54, 1.807) is 76.6 Å². The van der Waals surface area contributed by atoms with Gasteiger partial charge in [-0.15, -0.1) is 0 Å². The quantitative estimate of drug-likeness (QED) is 0.0536. The molecule has 0 aromatic heterocycles. The second kappa shape index (κ2) is 32.9. The third-order valence-corrected chi connectivity index (χ3v) is 16.5. The first-order chi connectivity index (χ1) is 40.4. The van der Waals surface area contributed by atoms with Crippen molar-refractivity contribution in [3.05, 3.63) is 89.2 Å². The molecule has 22 nitrogen and oxygen atoms in total. The van der Waals surface area contributed by atoms with Gasteiger partial charge >= 0.3 is 12.2 Å². The number of aliphatic hydroxyl groups is 1. The van der Waals surface area contributed by atoms with Crippen LogP contribution in [0.2, 0.25) is 0 Å². The first kappa shape index (κ1) is 68.6. The predicted octanol–water partition coefficient (Wildman–Crippen LogP) is 7.02. The number of amides is 9. The van der Waals surface area contributed by atoms with E-state index in [1.165, 1.54) is 33.4 Å². The van der Waals surface area contributed by atoms with Crippen molar-refractivity contribution in [1.82, 2.24) is 35.6 Å². The van der Waals surface area contributed by atoms with Crippen LogP contribution >= 0.6 is 0 Å². The highest BCUT2D eigenvalue weighted by Gasteiger charge is 2.44. The molecular weight excluding hydrogens is 1090 g/mol. The maximum absolute atomic E-state index is 14.8.